The average molecular weight is 390 g/mol. The number of methoxy groups -OCH3 is 1. The Morgan fingerprint density at radius 3 is 2.39 bits per heavy atom. The molecule has 28 heavy (non-hydrogen) atoms. The van der Waals surface area contributed by atoms with Gasteiger partial charge >= 0.3 is 0 Å². The van der Waals surface area contributed by atoms with E-state index in [2.05, 4.69) is 5.32 Å². The highest BCUT2D eigenvalue weighted by molar-refractivity contribution is 5.84. The van der Waals surface area contributed by atoms with E-state index in [1.165, 1.54) is 0 Å². The molecule has 0 aliphatic carbocycles. The summed E-state index contributed by atoms with van der Waals surface area (Å²) in [5.74, 6) is 1.98. The number of aromatic nitrogens is 2. The summed E-state index contributed by atoms with van der Waals surface area (Å²) in [5.41, 5.74) is 1.25. The van der Waals surface area contributed by atoms with E-state index in [0.29, 0.717) is 26.2 Å². The van der Waals surface area contributed by atoms with Crippen LogP contribution in [0, 0.1) is 0 Å². The zero-order valence-electron chi connectivity index (χ0n) is 17.5. The number of hydrogen-bond acceptors (Lipinski definition) is 6. The van der Waals surface area contributed by atoms with E-state index in [-0.39, 0.29) is 17.7 Å². The van der Waals surface area contributed by atoms with Gasteiger partial charge in [0.15, 0.2) is 0 Å². The number of carbonyl (C=O) groups excluding carboxylic acids is 2. The normalized spacial score (nSPS) is 18.0. The van der Waals surface area contributed by atoms with Crippen molar-refractivity contribution in [3.05, 3.63) is 17.1 Å². The van der Waals surface area contributed by atoms with Gasteiger partial charge in [0.1, 0.15) is 17.2 Å². The van der Waals surface area contributed by atoms with Crippen LogP contribution in [-0.2, 0) is 27.3 Å². The molecule has 154 valence electrons. The molecule has 3 rings (SSSR count). The summed E-state index contributed by atoms with van der Waals surface area (Å²) in [4.78, 5) is 37.7. The zero-order chi connectivity index (χ0) is 20.5. The number of rotatable bonds is 4. The van der Waals surface area contributed by atoms with Crippen molar-refractivity contribution in [2.75, 3.05) is 39.1 Å². The Bertz CT molecular complexity index is 756. The molecule has 0 radical (unpaired) electrons. The Kier molecular flexibility index (Phi) is 5.88. The number of carbonyl (C=O) groups is 2. The first-order valence-electron chi connectivity index (χ1n) is 9.94. The number of ether oxygens (including phenoxy) is 1. The molecule has 8 nitrogen and oxygen atoms in total. The lowest BCUT2D eigenvalue weighted by molar-refractivity contribution is -0.152. The number of piperidine rings is 1. The molecule has 2 aliphatic rings. The van der Waals surface area contributed by atoms with Gasteiger partial charge in [0.25, 0.3) is 5.91 Å². The summed E-state index contributed by atoms with van der Waals surface area (Å²) in [6.07, 6.45) is 2.41. The van der Waals surface area contributed by atoms with Crippen molar-refractivity contribution in [3.8, 4) is 0 Å². The third-order valence-corrected chi connectivity index (χ3v) is 5.94. The maximum Gasteiger partial charge on any atom is 0.254 e. The summed E-state index contributed by atoms with van der Waals surface area (Å²) in [7, 11) is 3.44. The first-order chi connectivity index (χ1) is 13.3. The van der Waals surface area contributed by atoms with E-state index >= 15 is 0 Å². The molecule has 8 heteroatoms. The van der Waals surface area contributed by atoms with Crippen molar-refractivity contribution < 1.29 is 14.3 Å². The molecule has 1 fully saturated rings. The maximum absolute atomic E-state index is 12.6. The van der Waals surface area contributed by atoms with E-state index < -0.39 is 5.60 Å². The molecule has 1 aromatic heterocycles. The highest BCUT2D eigenvalue weighted by Crippen LogP contribution is 2.31. The molecule has 0 aromatic carbocycles. The predicted octanol–water partition coefficient (Wildman–Crippen LogP) is 1.55. The fourth-order valence-corrected chi connectivity index (χ4v) is 3.92. The minimum atomic E-state index is -0.801. The van der Waals surface area contributed by atoms with Crippen LogP contribution in [0.4, 0.5) is 5.82 Å². The van der Waals surface area contributed by atoms with Crippen LogP contribution in [0.15, 0.2) is 0 Å². The van der Waals surface area contributed by atoms with Gasteiger partial charge in [-0.25, -0.2) is 9.97 Å². The maximum atomic E-state index is 12.6. The number of likely N-dealkylation sites (tertiary alicyclic amines) is 1. The van der Waals surface area contributed by atoms with Crippen LogP contribution in [0.2, 0.25) is 0 Å². The van der Waals surface area contributed by atoms with Gasteiger partial charge in [-0.3, -0.25) is 9.59 Å². The number of nitrogens with zero attached hydrogens (tertiary/aromatic N) is 4. The van der Waals surface area contributed by atoms with Gasteiger partial charge in [-0.05, 0) is 33.1 Å². The van der Waals surface area contributed by atoms with Crippen LogP contribution in [0.5, 0.6) is 0 Å². The van der Waals surface area contributed by atoms with E-state index in [1.54, 1.807) is 27.9 Å². The van der Waals surface area contributed by atoms with Crippen LogP contribution >= 0.6 is 0 Å². The lowest BCUT2D eigenvalue weighted by atomic mass is 9.94. The van der Waals surface area contributed by atoms with Gasteiger partial charge in [0.2, 0.25) is 5.91 Å². The molecule has 1 N–H and O–H groups in total. The SMILES string of the molecule is CNc1nc(C2CCN(C(=O)C(C)(C)OC)CC2)nc2c1CCN(C(C)=O)C2. The van der Waals surface area contributed by atoms with Crippen LogP contribution < -0.4 is 5.32 Å². The lowest BCUT2D eigenvalue weighted by Crippen LogP contribution is -2.49. The Labute approximate surface area is 166 Å². The Hall–Kier alpha value is -2.22. The van der Waals surface area contributed by atoms with Gasteiger partial charge in [-0.2, -0.15) is 0 Å². The van der Waals surface area contributed by atoms with E-state index in [9.17, 15) is 9.59 Å². The number of amides is 2. The Balaban J connectivity index is 1.76. The molecule has 3 heterocycles. The zero-order valence-corrected chi connectivity index (χ0v) is 17.5. The van der Waals surface area contributed by atoms with Gasteiger partial charge in [0.05, 0.1) is 12.2 Å². The molecule has 0 unspecified atom stereocenters. The van der Waals surface area contributed by atoms with Crippen molar-refractivity contribution in [3.63, 3.8) is 0 Å². The average Bonchev–Trinajstić information content (AvgIpc) is 2.71. The number of fused-ring (bicyclic) bond motifs is 1. The molecule has 2 aliphatic heterocycles. The molecular formula is C20H31N5O3. The predicted molar refractivity (Wildman–Crippen MR) is 106 cm³/mol. The molecule has 0 bridgehead atoms. The Morgan fingerprint density at radius 1 is 1.14 bits per heavy atom. The largest absolute Gasteiger partial charge is 0.373 e. The molecule has 0 spiro atoms. The summed E-state index contributed by atoms with van der Waals surface area (Å²) in [5, 5.41) is 3.20. The summed E-state index contributed by atoms with van der Waals surface area (Å²) in [6.45, 7) is 7.78. The molecule has 1 saturated heterocycles. The van der Waals surface area contributed by atoms with Gasteiger partial charge in [-0.1, -0.05) is 0 Å². The fourth-order valence-electron chi connectivity index (χ4n) is 3.92. The standard InChI is InChI=1S/C20H31N5O3/c1-13(26)25-11-8-15-16(12-25)22-17(23-18(15)21-4)14-6-9-24(10-7-14)19(27)20(2,3)28-5/h14H,6-12H2,1-5H3,(H,21,22,23). The van der Waals surface area contributed by atoms with Gasteiger partial charge in [-0.15, -0.1) is 0 Å². The second kappa shape index (κ2) is 8.03. The van der Waals surface area contributed by atoms with Gasteiger partial charge < -0.3 is 19.9 Å². The summed E-state index contributed by atoms with van der Waals surface area (Å²) < 4.78 is 5.33. The summed E-state index contributed by atoms with van der Waals surface area (Å²) in [6, 6.07) is 0. The second-order valence-corrected chi connectivity index (χ2v) is 8.08. The molecule has 2 amide bonds. The van der Waals surface area contributed by atoms with Crippen molar-refractivity contribution in [2.45, 2.75) is 58.1 Å². The van der Waals surface area contributed by atoms with Crippen molar-refractivity contribution >= 4 is 17.6 Å². The minimum Gasteiger partial charge on any atom is -0.373 e. The number of hydrogen-bond donors (Lipinski definition) is 1. The van der Waals surface area contributed by atoms with Crippen LogP contribution in [0.25, 0.3) is 0 Å². The first-order valence-corrected chi connectivity index (χ1v) is 9.94. The lowest BCUT2D eigenvalue weighted by Gasteiger charge is -2.36. The fraction of sp³-hybridized carbons (Fsp3) is 0.700. The monoisotopic (exact) mass is 389 g/mol. The van der Waals surface area contributed by atoms with Crippen LogP contribution in [0.3, 0.4) is 0 Å². The Morgan fingerprint density at radius 2 is 1.82 bits per heavy atom. The molecule has 0 atom stereocenters. The van der Waals surface area contributed by atoms with Crippen molar-refractivity contribution in [2.24, 2.45) is 0 Å². The van der Waals surface area contributed by atoms with E-state index in [0.717, 1.165) is 42.2 Å². The van der Waals surface area contributed by atoms with Crippen molar-refractivity contribution in [1.82, 2.24) is 19.8 Å². The van der Waals surface area contributed by atoms with Gasteiger partial charge in [0, 0.05) is 52.2 Å². The third kappa shape index (κ3) is 3.97. The smallest absolute Gasteiger partial charge is 0.254 e. The highest BCUT2D eigenvalue weighted by Gasteiger charge is 2.35. The third-order valence-electron chi connectivity index (χ3n) is 5.94. The summed E-state index contributed by atoms with van der Waals surface area (Å²) >= 11 is 0. The van der Waals surface area contributed by atoms with Crippen molar-refractivity contribution in [1.29, 1.82) is 0 Å². The number of nitrogens with one attached hydrogen (secondary N) is 1. The van der Waals surface area contributed by atoms with Crippen LogP contribution in [0.1, 0.15) is 56.6 Å². The quantitative estimate of drug-likeness (QED) is 0.841. The topological polar surface area (TPSA) is 87.7 Å². The highest BCUT2D eigenvalue weighted by atomic mass is 16.5. The van der Waals surface area contributed by atoms with E-state index in [4.69, 9.17) is 14.7 Å². The molecule has 1 aromatic rings. The molecular weight excluding hydrogens is 358 g/mol. The van der Waals surface area contributed by atoms with E-state index in [1.807, 2.05) is 16.8 Å². The second-order valence-electron chi connectivity index (χ2n) is 8.08. The minimum absolute atomic E-state index is 0.0211. The van der Waals surface area contributed by atoms with Crippen LogP contribution in [-0.4, -0.2) is 71.0 Å². The first kappa shape index (κ1) is 20.5. The molecule has 0 saturated carbocycles. The number of anilines is 1.